The summed E-state index contributed by atoms with van der Waals surface area (Å²) in [6, 6.07) is 15.6. The van der Waals surface area contributed by atoms with Gasteiger partial charge in [0, 0.05) is 37.8 Å². The first-order valence-electron chi connectivity index (χ1n) is 13.9. The van der Waals surface area contributed by atoms with Gasteiger partial charge >= 0.3 is 12.0 Å². The zero-order chi connectivity index (χ0) is 28.7. The second-order valence-corrected chi connectivity index (χ2v) is 10.2. The van der Waals surface area contributed by atoms with Gasteiger partial charge in [0.05, 0.1) is 6.42 Å². The Morgan fingerprint density at radius 3 is 2.40 bits per heavy atom. The number of hydrogen-bond acceptors (Lipinski definition) is 7. The lowest BCUT2D eigenvalue weighted by Crippen LogP contribution is -2.73. The van der Waals surface area contributed by atoms with Crippen LogP contribution in [0.15, 0.2) is 54.6 Å². The number of hydrogen-bond donors (Lipinski definition) is 2. The maximum absolute atomic E-state index is 13.1. The van der Waals surface area contributed by atoms with Crippen LogP contribution in [-0.4, -0.2) is 72.1 Å². The maximum atomic E-state index is 13.1. The number of piperazine rings is 1. The fraction of sp³-hybridized carbons (Fsp3) is 0.467. The minimum absolute atomic E-state index is 0.0233. The molecule has 10 nitrogen and oxygen atoms in total. The normalized spacial score (nSPS) is 19.9. The summed E-state index contributed by atoms with van der Waals surface area (Å²) in [7, 11) is 0. The molecule has 214 valence electrons. The topological polar surface area (TPSA) is 117 Å². The summed E-state index contributed by atoms with van der Waals surface area (Å²) >= 11 is 0. The molecule has 2 saturated heterocycles. The van der Waals surface area contributed by atoms with Crippen LogP contribution >= 0.6 is 0 Å². The maximum Gasteiger partial charge on any atom is 0.327 e. The van der Waals surface area contributed by atoms with Crippen molar-refractivity contribution in [3.8, 4) is 5.75 Å². The van der Waals surface area contributed by atoms with Crippen LogP contribution in [-0.2, 0) is 20.9 Å². The number of urea groups is 1. The van der Waals surface area contributed by atoms with Crippen LogP contribution in [0.5, 0.6) is 5.75 Å². The van der Waals surface area contributed by atoms with Crippen LogP contribution in [0.1, 0.15) is 56.0 Å². The largest absolute Gasteiger partial charge is 0.469 e. The lowest BCUT2D eigenvalue weighted by molar-refractivity contribution is -0.190. The van der Waals surface area contributed by atoms with Crippen molar-refractivity contribution in [3.63, 3.8) is 0 Å². The van der Waals surface area contributed by atoms with Gasteiger partial charge in [0.25, 0.3) is 5.91 Å². The lowest BCUT2D eigenvalue weighted by atomic mass is 9.72. The Kier molecular flexibility index (Phi) is 9.42. The Bertz CT molecular complexity index is 1200. The molecule has 2 atom stereocenters. The van der Waals surface area contributed by atoms with Crippen molar-refractivity contribution >= 4 is 23.8 Å². The zero-order valence-corrected chi connectivity index (χ0v) is 23.4. The number of likely N-dealkylation sites (tertiary alicyclic amines) is 1. The van der Waals surface area contributed by atoms with E-state index in [0.29, 0.717) is 30.7 Å². The molecule has 0 saturated carbocycles. The summed E-state index contributed by atoms with van der Waals surface area (Å²) in [6.45, 7) is 8.14. The van der Waals surface area contributed by atoms with Crippen molar-refractivity contribution in [1.29, 1.82) is 0 Å². The first-order chi connectivity index (χ1) is 19.3. The fourth-order valence-corrected chi connectivity index (χ4v) is 5.18. The molecule has 2 unspecified atom stereocenters. The molecule has 2 fully saturated rings. The molecular weight excluding hydrogens is 512 g/mol. The molecule has 0 radical (unpaired) electrons. The van der Waals surface area contributed by atoms with Gasteiger partial charge in [-0.2, -0.15) is 0 Å². The quantitative estimate of drug-likeness (QED) is 0.344. The number of ether oxygens (including phenoxy) is 2. The fourth-order valence-electron chi connectivity index (χ4n) is 5.18. The summed E-state index contributed by atoms with van der Waals surface area (Å²) in [4.78, 5) is 54.1. The molecule has 0 bridgehead atoms. The Morgan fingerprint density at radius 1 is 1.05 bits per heavy atom. The molecule has 0 spiro atoms. The number of rotatable bonds is 10. The van der Waals surface area contributed by atoms with Gasteiger partial charge in [-0.15, -0.1) is 0 Å². The predicted octanol–water partition coefficient (Wildman–Crippen LogP) is 3.32. The van der Waals surface area contributed by atoms with E-state index in [9.17, 15) is 19.2 Å². The molecule has 2 N–H and O–H groups in total. The highest BCUT2D eigenvalue weighted by Crippen LogP contribution is 2.46. The van der Waals surface area contributed by atoms with Crippen LogP contribution in [0, 0.1) is 5.41 Å². The average Bonchev–Trinajstić information content (AvgIpc) is 2.97. The van der Waals surface area contributed by atoms with Crippen molar-refractivity contribution in [2.24, 2.45) is 5.41 Å². The van der Waals surface area contributed by atoms with Crippen LogP contribution in [0.2, 0.25) is 0 Å². The Labute approximate surface area is 235 Å². The third-order valence-electron chi connectivity index (χ3n) is 7.79. The van der Waals surface area contributed by atoms with Crippen molar-refractivity contribution in [1.82, 2.24) is 20.4 Å². The van der Waals surface area contributed by atoms with Crippen LogP contribution in [0.4, 0.5) is 4.79 Å². The van der Waals surface area contributed by atoms with Gasteiger partial charge in [-0.25, -0.2) is 9.69 Å². The number of nitrogens with zero attached hydrogens (tertiary/aromatic N) is 2. The number of nitrogens with one attached hydrogen (secondary N) is 2. The smallest absolute Gasteiger partial charge is 0.327 e. The van der Waals surface area contributed by atoms with E-state index < -0.39 is 23.6 Å². The standard InChI is InChI=1S/C30H38N4O6/c1-4-30(5-2)27(37)34(29(38)32-16-15-25(35)39-20-22-9-7-6-8-10-22)28(30)40-24-13-11-23(12-14-24)26(36)33-18-17-31-19-21(33)3/h6-14,21,28,31H,4-5,15-20H2,1-3H3,(H,32,38). The monoisotopic (exact) mass is 550 g/mol. The molecule has 40 heavy (non-hydrogen) atoms. The van der Waals surface area contributed by atoms with Crippen molar-refractivity contribution in [2.45, 2.75) is 58.9 Å². The van der Waals surface area contributed by atoms with E-state index in [1.807, 2.05) is 56.0 Å². The second kappa shape index (κ2) is 13.0. The molecule has 4 rings (SSSR count). The molecule has 10 heteroatoms. The number of carbonyl (C=O) groups excluding carboxylic acids is 4. The molecule has 2 aliphatic rings. The summed E-state index contributed by atoms with van der Waals surface area (Å²) in [5.74, 6) is -0.352. The number of esters is 1. The summed E-state index contributed by atoms with van der Waals surface area (Å²) in [6.07, 6.45) is 0.162. The summed E-state index contributed by atoms with van der Waals surface area (Å²) < 4.78 is 11.4. The number of imide groups is 1. The highest BCUT2D eigenvalue weighted by Gasteiger charge is 2.62. The van der Waals surface area contributed by atoms with Crippen molar-refractivity contribution in [3.05, 3.63) is 65.7 Å². The second-order valence-electron chi connectivity index (χ2n) is 10.2. The van der Waals surface area contributed by atoms with Gasteiger partial charge in [-0.1, -0.05) is 44.2 Å². The molecular formula is C30H38N4O6. The molecule has 0 aliphatic carbocycles. The molecule has 0 aromatic heterocycles. The summed E-state index contributed by atoms with van der Waals surface area (Å²) in [5, 5.41) is 5.92. The number of benzene rings is 2. The van der Waals surface area contributed by atoms with E-state index in [1.165, 1.54) is 0 Å². The zero-order valence-electron chi connectivity index (χ0n) is 23.4. The van der Waals surface area contributed by atoms with Gasteiger partial charge in [0.15, 0.2) is 6.23 Å². The van der Waals surface area contributed by atoms with Gasteiger partial charge in [0.2, 0.25) is 5.91 Å². The van der Waals surface area contributed by atoms with Crippen LogP contribution in [0.3, 0.4) is 0 Å². The van der Waals surface area contributed by atoms with Crippen LogP contribution in [0.25, 0.3) is 0 Å². The Balaban J connectivity index is 1.35. The number of amides is 4. The third kappa shape index (κ3) is 6.12. The van der Waals surface area contributed by atoms with E-state index in [0.717, 1.165) is 23.6 Å². The average molecular weight is 551 g/mol. The number of β-lactam (4-membered cyclic amide) rings is 1. The van der Waals surface area contributed by atoms with Gasteiger partial charge in [-0.05, 0) is 49.6 Å². The Morgan fingerprint density at radius 2 is 1.75 bits per heavy atom. The molecule has 2 aromatic carbocycles. The molecule has 2 heterocycles. The minimum atomic E-state index is -0.837. The van der Waals surface area contributed by atoms with Gasteiger partial charge in [0.1, 0.15) is 17.8 Å². The predicted molar refractivity (Wildman–Crippen MR) is 148 cm³/mol. The summed E-state index contributed by atoms with van der Waals surface area (Å²) in [5.41, 5.74) is 0.588. The highest BCUT2D eigenvalue weighted by atomic mass is 16.5. The van der Waals surface area contributed by atoms with E-state index in [4.69, 9.17) is 9.47 Å². The lowest BCUT2D eigenvalue weighted by Gasteiger charge is -2.53. The van der Waals surface area contributed by atoms with E-state index >= 15 is 0 Å². The van der Waals surface area contributed by atoms with Crippen LogP contribution < -0.4 is 15.4 Å². The van der Waals surface area contributed by atoms with Gasteiger partial charge < -0.3 is 25.0 Å². The first-order valence-corrected chi connectivity index (χ1v) is 13.9. The third-order valence-corrected chi connectivity index (χ3v) is 7.79. The highest BCUT2D eigenvalue weighted by molar-refractivity contribution is 6.03. The van der Waals surface area contributed by atoms with E-state index in [2.05, 4.69) is 10.6 Å². The SMILES string of the molecule is CCC1(CC)C(=O)N(C(=O)NCCC(=O)OCc2ccccc2)C1Oc1ccc(C(=O)N2CCNCC2C)cc1. The first kappa shape index (κ1) is 29.1. The van der Waals surface area contributed by atoms with Crippen molar-refractivity contribution in [2.75, 3.05) is 26.2 Å². The van der Waals surface area contributed by atoms with Crippen molar-refractivity contribution < 1.29 is 28.7 Å². The minimum Gasteiger partial charge on any atom is -0.469 e. The van der Waals surface area contributed by atoms with Gasteiger partial charge in [-0.3, -0.25) is 14.4 Å². The van der Waals surface area contributed by atoms with E-state index in [-0.39, 0.29) is 37.4 Å². The van der Waals surface area contributed by atoms with E-state index in [1.54, 1.807) is 24.3 Å². The molecule has 4 amide bonds. The molecule has 2 aromatic rings. The Hall–Kier alpha value is -3.92. The number of carbonyl (C=O) groups is 4. The molecule has 2 aliphatic heterocycles.